The van der Waals surface area contributed by atoms with E-state index in [0.717, 1.165) is 51.0 Å². The van der Waals surface area contributed by atoms with Crippen LogP contribution in [0.15, 0.2) is 24.3 Å². The Balaban J connectivity index is 1.44. The van der Waals surface area contributed by atoms with Crippen molar-refractivity contribution in [3.8, 4) is 0 Å². The fourth-order valence-corrected chi connectivity index (χ4v) is 5.26. The number of amides is 2. The molecule has 2 fully saturated rings. The molecule has 1 saturated carbocycles. The molecule has 2 amide bonds. The summed E-state index contributed by atoms with van der Waals surface area (Å²) in [4.78, 5) is 30.3. The highest BCUT2D eigenvalue weighted by atomic mass is 16.2. The predicted octanol–water partition coefficient (Wildman–Crippen LogP) is 3.29. The van der Waals surface area contributed by atoms with Crippen LogP contribution in [0.2, 0.25) is 0 Å². The minimum atomic E-state index is -0.321. The first-order valence-corrected chi connectivity index (χ1v) is 11.6. The van der Waals surface area contributed by atoms with Gasteiger partial charge in [-0.2, -0.15) is 0 Å². The summed E-state index contributed by atoms with van der Waals surface area (Å²) in [5, 5.41) is 3.16. The molecule has 29 heavy (non-hydrogen) atoms. The molecule has 1 aromatic carbocycles. The van der Waals surface area contributed by atoms with Crippen LogP contribution in [0.4, 0.5) is 0 Å². The molecule has 158 valence electrons. The van der Waals surface area contributed by atoms with Crippen LogP contribution in [0, 0.1) is 5.92 Å². The van der Waals surface area contributed by atoms with Crippen LogP contribution < -0.4 is 5.32 Å². The van der Waals surface area contributed by atoms with E-state index in [-0.39, 0.29) is 17.9 Å². The van der Waals surface area contributed by atoms with Gasteiger partial charge < -0.3 is 10.2 Å². The highest BCUT2D eigenvalue weighted by Gasteiger charge is 2.36. The average molecular weight is 398 g/mol. The van der Waals surface area contributed by atoms with E-state index in [1.54, 1.807) is 0 Å². The first-order valence-electron chi connectivity index (χ1n) is 11.6. The van der Waals surface area contributed by atoms with E-state index >= 15 is 0 Å². The standard InChI is InChI=1S/C24H35N3O2/c28-22(25-17-19-9-3-1-4-10-19)18-27-16-13-20-11-5-6-12-21(20)23(27)24(29)26-14-7-2-8-15-26/h5-6,11-12,19,23H,1-4,7-10,13-18H2,(H,25,28). The van der Waals surface area contributed by atoms with Crippen LogP contribution in [0.5, 0.6) is 0 Å². The van der Waals surface area contributed by atoms with Gasteiger partial charge in [-0.1, -0.05) is 43.5 Å². The minimum Gasteiger partial charge on any atom is -0.355 e. The Morgan fingerprint density at radius 2 is 1.66 bits per heavy atom. The number of hydrogen-bond acceptors (Lipinski definition) is 3. The van der Waals surface area contributed by atoms with Crippen molar-refractivity contribution in [2.24, 2.45) is 5.92 Å². The molecule has 0 aromatic heterocycles. The number of likely N-dealkylation sites (tertiary alicyclic amines) is 1. The number of carbonyl (C=O) groups excluding carboxylic acids is 2. The number of carbonyl (C=O) groups is 2. The fourth-order valence-electron chi connectivity index (χ4n) is 5.26. The topological polar surface area (TPSA) is 52.7 Å². The van der Waals surface area contributed by atoms with Crippen LogP contribution in [-0.2, 0) is 16.0 Å². The second-order valence-electron chi connectivity index (χ2n) is 9.02. The summed E-state index contributed by atoms with van der Waals surface area (Å²) >= 11 is 0. The average Bonchev–Trinajstić information content (AvgIpc) is 2.78. The smallest absolute Gasteiger partial charge is 0.244 e. The van der Waals surface area contributed by atoms with Crippen molar-refractivity contribution < 1.29 is 9.59 Å². The van der Waals surface area contributed by atoms with Gasteiger partial charge in [0.15, 0.2) is 0 Å². The number of rotatable bonds is 5. The SMILES string of the molecule is O=C(CN1CCc2ccccc2C1C(=O)N1CCCCC1)NCC1CCCCC1. The van der Waals surface area contributed by atoms with E-state index in [4.69, 9.17) is 0 Å². The first kappa shape index (κ1) is 20.4. The van der Waals surface area contributed by atoms with E-state index in [1.165, 1.54) is 44.1 Å². The zero-order valence-electron chi connectivity index (χ0n) is 17.6. The molecule has 1 N–H and O–H groups in total. The molecule has 5 nitrogen and oxygen atoms in total. The Kier molecular flexibility index (Phi) is 6.86. The monoisotopic (exact) mass is 397 g/mol. The van der Waals surface area contributed by atoms with E-state index in [1.807, 2.05) is 17.0 Å². The molecule has 3 aliphatic rings. The zero-order valence-corrected chi connectivity index (χ0v) is 17.6. The van der Waals surface area contributed by atoms with E-state index in [9.17, 15) is 9.59 Å². The summed E-state index contributed by atoms with van der Waals surface area (Å²) in [7, 11) is 0. The maximum atomic E-state index is 13.5. The summed E-state index contributed by atoms with van der Waals surface area (Å²) in [6, 6.07) is 7.95. The number of nitrogens with zero attached hydrogens (tertiary/aromatic N) is 2. The lowest BCUT2D eigenvalue weighted by molar-refractivity contribution is -0.139. The highest BCUT2D eigenvalue weighted by Crippen LogP contribution is 2.32. The number of nitrogens with one attached hydrogen (secondary N) is 1. The summed E-state index contributed by atoms with van der Waals surface area (Å²) in [5.74, 6) is 0.865. The quantitative estimate of drug-likeness (QED) is 0.829. The van der Waals surface area contributed by atoms with E-state index < -0.39 is 0 Å². The molecule has 4 rings (SSSR count). The van der Waals surface area contributed by atoms with Crippen LogP contribution in [0.1, 0.15) is 68.5 Å². The van der Waals surface area contributed by atoms with Crippen LogP contribution in [0.25, 0.3) is 0 Å². The molecule has 5 heteroatoms. The third kappa shape index (κ3) is 5.00. The molecule has 1 saturated heterocycles. The minimum absolute atomic E-state index is 0.0615. The van der Waals surface area contributed by atoms with Crippen molar-refractivity contribution in [3.63, 3.8) is 0 Å². The van der Waals surface area contributed by atoms with Crippen molar-refractivity contribution in [2.45, 2.75) is 63.8 Å². The molecule has 0 radical (unpaired) electrons. The Morgan fingerprint density at radius 3 is 2.45 bits per heavy atom. The summed E-state index contributed by atoms with van der Waals surface area (Å²) in [6.07, 6.45) is 10.6. The Bertz CT molecular complexity index is 708. The number of benzene rings is 1. The Morgan fingerprint density at radius 1 is 0.931 bits per heavy atom. The second-order valence-corrected chi connectivity index (χ2v) is 9.02. The van der Waals surface area contributed by atoms with Gasteiger partial charge in [0.25, 0.3) is 0 Å². The molecule has 0 spiro atoms. The maximum Gasteiger partial charge on any atom is 0.244 e. The van der Waals surface area contributed by atoms with Gasteiger partial charge in [-0.3, -0.25) is 14.5 Å². The molecular weight excluding hydrogens is 362 g/mol. The second kappa shape index (κ2) is 9.75. The summed E-state index contributed by atoms with van der Waals surface area (Å²) < 4.78 is 0. The normalized spacial score (nSPS) is 23.4. The Labute approximate surface area is 174 Å². The lowest BCUT2D eigenvalue weighted by Crippen LogP contribution is -2.50. The van der Waals surface area contributed by atoms with Crippen molar-refractivity contribution >= 4 is 11.8 Å². The highest BCUT2D eigenvalue weighted by molar-refractivity contribution is 5.85. The van der Waals surface area contributed by atoms with Gasteiger partial charge in [-0.25, -0.2) is 0 Å². The third-order valence-electron chi connectivity index (χ3n) is 6.94. The number of hydrogen-bond donors (Lipinski definition) is 1. The summed E-state index contributed by atoms with van der Waals surface area (Å²) in [5.41, 5.74) is 2.34. The van der Waals surface area contributed by atoms with E-state index in [0.29, 0.717) is 12.5 Å². The van der Waals surface area contributed by atoms with Crippen molar-refractivity contribution in [1.29, 1.82) is 0 Å². The molecule has 1 aliphatic carbocycles. The summed E-state index contributed by atoms with van der Waals surface area (Å²) in [6.45, 7) is 3.55. The van der Waals surface area contributed by atoms with Gasteiger partial charge in [-0.05, 0) is 55.6 Å². The van der Waals surface area contributed by atoms with Gasteiger partial charge in [0.05, 0.1) is 6.54 Å². The molecular formula is C24H35N3O2. The van der Waals surface area contributed by atoms with Gasteiger partial charge >= 0.3 is 0 Å². The number of piperidine rings is 1. The van der Waals surface area contributed by atoms with Crippen LogP contribution >= 0.6 is 0 Å². The van der Waals surface area contributed by atoms with Crippen molar-refractivity contribution in [1.82, 2.24) is 15.1 Å². The third-order valence-corrected chi connectivity index (χ3v) is 6.94. The van der Waals surface area contributed by atoms with Gasteiger partial charge in [0, 0.05) is 26.2 Å². The molecule has 1 aromatic rings. The molecule has 1 atom stereocenters. The van der Waals surface area contributed by atoms with Gasteiger partial charge in [0.2, 0.25) is 11.8 Å². The maximum absolute atomic E-state index is 13.5. The lowest BCUT2D eigenvalue weighted by atomic mass is 9.89. The molecule has 0 bridgehead atoms. The molecule has 2 aliphatic heterocycles. The largest absolute Gasteiger partial charge is 0.355 e. The molecule has 2 heterocycles. The van der Waals surface area contributed by atoms with E-state index in [2.05, 4.69) is 22.3 Å². The van der Waals surface area contributed by atoms with Gasteiger partial charge in [0.1, 0.15) is 6.04 Å². The zero-order chi connectivity index (χ0) is 20.1. The van der Waals surface area contributed by atoms with Gasteiger partial charge in [-0.15, -0.1) is 0 Å². The van der Waals surface area contributed by atoms with Crippen LogP contribution in [0.3, 0.4) is 0 Å². The lowest BCUT2D eigenvalue weighted by Gasteiger charge is -2.39. The number of fused-ring (bicyclic) bond motifs is 1. The molecule has 1 unspecified atom stereocenters. The van der Waals surface area contributed by atoms with Crippen LogP contribution in [-0.4, -0.2) is 54.3 Å². The first-order chi connectivity index (χ1) is 14.2. The predicted molar refractivity (Wildman–Crippen MR) is 114 cm³/mol. The van der Waals surface area contributed by atoms with Crippen molar-refractivity contribution in [2.75, 3.05) is 32.7 Å². The Hall–Kier alpha value is -1.88. The van der Waals surface area contributed by atoms with Crippen molar-refractivity contribution in [3.05, 3.63) is 35.4 Å². The fraction of sp³-hybridized carbons (Fsp3) is 0.667.